The molecule has 1 aromatic rings. The molecule has 1 saturated carbocycles. The summed E-state index contributed by atoms with van der Waals surface area (Å²) in [6.07, 6.45) is 1.09. The molecular weight excluding hydrogens is 291 g/mol. The Morgan fingerprint density at radius 3 is 2.75 bits per heavy atom. The summed E-state index contributed by atoms with van der Waals surface area (Å²) in [5.41, 5.74) is 6.51. The number of anilines is 1. The molecule has 0 radical (unpaired) electrons. The van der Waals surface area contributed by atoms with Crippen LogP contribution in [0.2, 0.25) is 0 Å². The molecule has 0 spiro atoms. The third-order valence-corrected chi connectivity index (χ3v) is 3.79. The van der Waals surface area contributed by atoms with E-state index in [1.807, 2.05) is 0 Å². The highest BCUT2D eigenvalue weighted by Gasteiger charge is 2.33. The van der Waals surface area contributed by atoms with Gasteiger partial charge in [-0.1, -0.05) is 19.1 Å². The monoisotopic (exact) mass is 302 g/mol. The number of nitrogens with one attached hydrogen (secondary N) is 1. The first kappa shape index (κ1) is 11.8. The minimum Gasteiger partial charge on any atom is -0.389 e. The number of halogens is 2. The summed E-state index contributed by atoms with van der Waals surface area (Å²) in [6.45, 7) is 2.13. The molecule has 16 heavy (non-hydrogen) atoms. The van der Waals surface area contributed by atoms with Gasteiger partial charge in [0.25, 0.3) is 0 Å². The van der Waals surface area contributed by atoms with Crippen molar-refractivity contribution in [3.8, 4) is 0 Å². The summed E-state index contributed by atoms with van der Waals surface area (Å²) in [5.74, 6) is 0.290. The number of benzene rings is 1. The largest absolute Gasteiger partial charge is 0.389 e. The summed E-state index contributed by atoms with van der Waals surface area (Å²) in [5, 5.41) is 3.15. The van der Waals surface area contributed by atoms with Crippen molar-refractivity contribution in [1.82, 2.24) is 0 Å². The fourth-order valence-corrected chi connectivity index (χ4v) is 2.43. The van der Waals surface area contributed by atoms with Gasteiger partial charge in [-0.05, 0) is 40.4 Å². The Morgan fingerprint density at radius 2 is 2.25 bits per heavy atom. The molecule has 3 N–H and O–H groups in total. The SMILES string of the molecule is CC1CC1Nc1ccc(C(N)=S)c(Br)c1F. The maximum atomic E-state index is 13.9. The highest BCUT2D eigenvalue weighted by molar-refractivity contribution is 9.10. The first-order chi connectivity index (χ1) is 7.50. The smallest absolute Gasteiger partial charge is 0.161 e. The molecule has 0 bridgehead atoms. The topological polar surface area (TPSA) is 38.0 Å². The van der Waals surface area contributed by atoms with Gasteiger partial charge in [-0.25, -0.2) is 4.39 Å². The molecule has 1 aromatic carbocycles. The maximum absolute atomic E-state index is 13.9. The van der Waals surface area contributed by atoms with Crippen molar-refractivity contribution in [3.63, 3.8) is 0 Å². The third-order valence-electron chi connectivity index (χ3n) is 2.80. The van der Waals surface area contributed by atoms with Crippen molar-refractivity contribution in [2.75, 3.05) is 5.32 Å². The van der Waals surface area contributed by atoms with E-state index in [1.54, 1.807) is 12.1 Å². The summed E-state index contributed by atoms with van der Waals surface area (Å²) in [7, 11) is 0. The molecule has 2 nitrogen and oxygen atoms in total. The van der Waals surface area contributed by atoms with Gasteiger partial charge >= 0.3 is 0 Å². The van der Waals surface area contributed by atoms with Crippen LogP contribution in [-0.4, -0.2) is 11.0 Å². The van der Waals surface area contributed by atoms with Crippen LogP contribution in [0.4, 0.5) is 10.1 Å². The molecule has 5 heteroatoms. The van der Waals surface area contributed by atoms with E-state index in [0.29, 0.717) is 27.7 Å². The van der Waals surface area contributed by atoms with Crippen LogP contribution in [-0.2, 0) is 0 Å². The van der Waals surface area contributed by atoms with E-state index in [4.69, 9.17) is 18.0 Å². The van der Waals surface area contributed by atoms with E-state index in [1.165, 1.54) is 0 Å². The van der Waals surface area contributed by atoms with Crippen molar-refractivity contribution in [1.29, 1.82) is 0 Å². The minimum absolute atomic E-state index is 0.192. The first-order valence-electron chi connectivity index (χ1n) is 5.05. The lowest BCUT2D eigenvalue weighted by Crippen LogP contribution is -2.12. The molecule has 2 rings (SSSR count). The van der Waals surface area contributed by atoms with Crippen LogP contribution in [0.3, 0.4) is 0 Å². The molecule has 1 fully saturated rings. The Balaban J connectivity index is 2.27. The molecule has 2 unspecified atom stereocenters. The maximum Gasteiger partial charge on any atom is 0.161 e. The standard InChI is InChI=1S/C11H12BrFN2S/c1-5-4-8(5)15-7-3-2-6(11(14)16)9(12)10(7)13/h2-3,5,8,15H,4H2,1H3,(H2,14,16). The van der Waals surface area contributed by atoms with E-state index in [-0.39, 0.29) is 10.8 Å². The van der Waals surface area contributed by atoms with Gasteiger partial charge < -0.3 is 11.1 Å². The van der Waals surface area contributed by atoms with Crippen molar-refractivity contribution in [3.05, 3.63) is 28.0 Å². The summed E-state index contributed by atoms with van der Waals surface area (Å²) in [4.78, 5) is 0.192. The molecule has 0 saturated heterocycles. The van der Waals surface area contributed by atoms with Gasteiger partial charge in [-0.2, -0.15) is 0 Å². The minimum atomic E-state index is -0.329. The predicted molar refractivity (Wildman–Crippen MR) is 71.2 cm³/mol. The van der Waals surface area contributed by atoms with E-state index < -0.39 is 0 Å². The Labute approximate surface area is 108 Å². The van der Waals surface area contributed by atoms with Crippen LogP contribution >= 0.6 is 28.1 Å². The van der Waals surface area contributed by atoms with Gasteiger partial charge in [0.2, 0.25) is 0 Å². The predicted octanol–water partition coefficient (Wildman–Crippen LogP) is 3.04. The zero-order chi connectivity index (χ0) is 11.9. The molecule has 1 aliphatic carbocycles. The van der Waals surface area contributed by atoms with Crippen molar-refractivity contribution in [2.24, 2.45) is 11.7 Å². The average Bonchev–Trinajstić information content (AvgIpc) is 2.89. The average molecular weight is 303 g/mol. The molecule has 1 aliphatic rings. The van der Waals surface area contributed by atoms with Crippen molar-refractivity contribution < 1.29 is 4.39 Å². The van der Waals surface area contributed by atoms with Crippen LogP contribution in [0.1, 0.15) is 18.9 Å². The fourth-order valence-electron chi connectivity index (χ4n) is 1.57. The number of rotatable bonds is 3. The lowest BCUT2D eigenvalue weighted by Gasteiger charge is -2.10. The van der Waals surface area contributed by atoms with Crippen LogP contribution in [0.15, 0.2) is 16.6 Å². The molecule has 0 aromatic heterocycles. The highest BCUT2D eigenvalue weighted by Crippen LogP contribution is 2.35. The zero-order valence-electron chi connectivity index (χ0n) is 8.76. The fraction of sp³-hybridized carbons (Fsp3) is 0.364. The van der Waals surface area contributed by atoms with Gasteiger partial charge in [0.1, 0.15) is 4.99 Å². The summed E-state index contributed by atoms with van der Waals surface area (Å²) < 4.78 is 14.2. The van der Waals surface area contributed by atoms with Gasteiger partial charge in [0, 0.05) is 11.6 Å². The number of hydrogen-bond acceptors (Lipinski definition) is 2. The Kier molecular flexibility index (Phi) is 3.17. The Bertz CT molecular complexity index is 450. The van der Waals surface area contributed by atoms with E-state index in [9.17, 15) is 4.39 Å². The summed E-state index contributed by atoms with van der Waals surface area (Å²) >= 11 is 8.01. The van der Waals surface area contributed by atoms with E-state index in [2.05, 4.69) is 28.2 Å². The van der Waals surface area contributed by atoms with E-state index in [0.717, 1.165) is 6.42 Å². The lowest BCUT2D eigenvalue weighted by atomic mass is 10.2. The quantitative estimate of drug-likeness (QED) is 0.843. The number of thiocarbonyl (C=S) groups is 1. The van der Waals surface area contributed by atoms with Crippen LogP contribution < -0.4 is 11.1 Å². The van der Waals surface area contributed by atoms with Crippen LogP contribution in [0, 0.1) is 11.7 Å². The molecule has 86 valence electrons. The lowest BCUT2D eigenvalue weighted by molar-refractivity contribution is 0.622. The molecule has 0 amide bonds. The highest BCUT2D eigenvalue weighted by atomic mass is 79.9. The van der Waals surface area contributed by atoms with Crippen LogP contribution in [0.25, 0.3) is 0 Å². The molecular formula is C11H12BrFN2S. The first-order valence-corrected chi connectivity index (χ1v) is 6.25. The van der Waals surface area contributed by atoms with Gasteiger partial charge in [0.15, 0.2) is 5.82 Å². The molecule has 2 atom stereocenters. The van der Waals surface area contributed by atoms with Crippen molar-refractivity contribution >= 4 is 38.8 Å². The second-order valence-electron chi connectivity index (χ2n) is 4.12. The van der Waals surface area contributed by atoms with Gasteiger partial charge in [-0.15, -0.1) is 0 Å². The van der Waals surface area contributed by atoms with Crippen LogP contribution in [0.5, 0.6) is 0 Å². The zero-order valence-corrected chi connectivity index (χ0v) is 11.2. The Morgan fingerprint density at radius 1 is 1.62 bits per heavy atom. The second kappa shape index (κ2) is 4.30. The number of nitrogens with two attached hydrogens (primary N) is 1. The Hall–Kier alpha value is -0.680. The van der Waals surface area contributed by atoms with Gasteiger partial charge in [0.05, 0.1) is 10.2 Å². The third kappa shape index (κ3) is 2.20. The van der Waals surface area contributed by atoms with Gasteiger partial charge in [-0.3, -0.25) is 0 Å². The van der Waals surface area contributed by atoms with E-state index >= 15 is 0 Å². The normalized spacial score (nSPS) is 22.9. The molecule has 0 aliphatic heterocycles. The van der Waals surface area contributed by atoms with Crippen molar-refractivity contribution in [2.45, 2.75) is 19.4 Å². The summed E-state index contributed by atoms with van der Waals surface area (Å²) in [6, 6.07) is 3.79. The second-order valence-corrected chi connectivity index (χ2v) is 5.35. The number of hydrogen-bond donors (Lipinski definition) is 2. The molecule has 0 heterocycles.